The van der Waals surface area contributed by atoms with E-state index in [9.17, 15) is 10.1 Å². The highest BCUT2D eigenvalue weighted by atomic mass is 32.2. The second-order valence-electron chi connectivity index (χ2n) is 4.91. The van der Waals surface area contributed by atoms with Crippen LogP contribution in [0.4, 0.5) is 0 Å². The fourth-order valence-corrected chi connectivity index (χ4v) is 3.02. The van der Waals surface area contributed by atoms with Crippen molar-refractivity contribution >= 4 is 17.7 Å². The number of esters is 1. The van der Waals surface area contributed by atoms with Crippen LogP contribution in [0, 0.1) is 29.6 Å². The Morgan fingerprint density at radius 3 is 2.75 bits per heavy atom. The van der Waals surface area contributed by atoms with E-state index in [-0.39, 0.29) is 6.61 Å². The van der Waals surface area contributed by atoms with E-state index in [1.807, 2.05) is 12.1 Å². The second kappa shape index (κ2) is 8.14. The first kappa shape index (κ1) is 17.5. The Morgan fingerprint density at radius 1 is 1.29 bits per heavy atom. The third kappa shape index (κ3) is 4.13. The van der Waals surface area contributed by atoms with Crippen molar-refractivity contribution in [2.24, 2.45) is 0 Å². The van der Waals surface area contributed by atoms with Crippen molar-refractivity contribution in [2.75, 3.05) is 6.61 Å². The molecular weight excluding hydrogens is 322 g/mol. The molecule has 1 aromatic heterocycles. The van der Waals surface area contributed by atoms with E-state index < -0.39 is 5.97 Å². The molecule has 1 aromatic carbocycles. The minimum Gasteiger partial charge on any atom is -0.462 e. The third-order valence-corrected chi connectivity index (χ3v) is 4.29. The molecule has 2 aromatic rings. The van der Waals surface area contributed by atoms with Crippen LogP contribution in [-0.2, 0) is 10.5 Å². The molecule has 0 amide bonds. The van der Waals surface area contributed by atoms with Gasteiger partial charge in [-0.2, -0.15) is 10.5 Å². The number of pyridine rings is 1. The molecule has 6 heteroatoms. The molecule has 0 bridgehead atoms. The molecule has 0 aliphatic carbocycles. The molecule has 0 saturated carbocycles. The number of carbonyl (C=O) groups is 1. The van der Waals surface area contributed by atoms with Crippen LogP contribution in [-0.4, -0.2) is 17.6 Å². The van der Waals surface area contributed by atoms with E-state index in [0.717, 1.165) is 5.56 Å². The lowest BCUT2D eigenvalue weighted by Gasteiger charge is -2.09. The standard InChI is InChI=1S/C18H15N3O2S/c1-3-23-18(22)16-8-15(10-20)17(21-12(16)2)24-11-14-6-4-5-13(7-14)9-19/h4-8H,3,11H2,1-2H3. The molecule has 120 valence electrons. The normalized spacial score (nSPS) is 9.83. The van der Waals surface area contributed by atoms with E-state index in [1.165, 1.54) is 17.8 Å². The number of benzene rings is 1. The summed E-state index contributed by atoms with van der Waals surface area (Å²) in [6.07, 6.45) is 0. The van der Waals surface area contributed by atoms with E-state index in [4.69, 9.17) is 10.00 Å². The Labute approximate surface area is 144 Å². The summed E-state index contributed by atoms with van der Waals surface area (Å²) < 4.78 is 4.98. The van der Waals surface area contributed by atoms with Gasteiger partial charge in [-0.25, -0.2) is 9.78 Å². The molecule has 0 saturated heterocycles. The number of carbonyl (C=O) groups excluding carboxylic acids is 1. The van der Waals surface area contributed by atoms with Gasteiger partial charge in [-0.1, -0.05) is 12.1 Å². The number of hydrogen-bond acceptors (Lipinski definition) is 6. The number of nitrogens with zero attached hydrogens (tertiary/aromatic N) is 3. The van der Waals surface area contributed by atoms with Gasteiger partial charge in [0.05, 0.1) is 35.1 Å². The molecule has 0 radical (unpaired) electrons. The number of aromatic nitrogens is 1. The fourth-order valence-electron chi connectivity index (χ4n) is 2.07. The van der Waals surface area contributed by atoms with Gasteiger partial charge >= 0.3 is 5.97 Å². The quantitative estimate of drug-likeness (QED) is 0.612. The van der Waals surface area contributed by atoms with Gasteiger partial charge in [-0.15, -0.1) is 11.8 Å². The molecule has 2 rings (SSSR count). The van der Waals surface area contributed by atoms with Crippen LogP contribution in [0.2, 0.25) is 0 Å². The molecule has 0 N–H and O–H groups in total. The second-order valence-corrected chi connectivity index (χ2v) is 5.87. The SMILES string of the molecule is CCOC(=O)c1cc(C#N)c(SCc2cccc(C#N)c2)nc1C. The molecule has 1 heterocycles. The maximum Gasteiger partial charge on any atom is 0.340 e. The molecule has 0 fully saturated rings. The summed E-state index contributed by atoms with van der Waals surface area (Å²) >= 11 is 1.40. The van der Waals surface area contributed by atoms with Gasteiger partial charge in [-0.05, 0) is 37.6 Å². The highest BCUT2D eigenvalue weighted by molar-refractivity contribution is 7.98. The molecule has 0 aliphatic rings. The van der Waals surface area contributed by atoms with Crippen LogP contribution >= 0.6 is 11.8 Å². The van der Waals surface area contributed by atoms with Gasteiger partial charge in [0, 0.05) is 5.75 Å². The molecule has 0 aliphatic heterocycles. The molecule has 0 unspecified atom stereocenters. The van der Waals surface area contributed by atoms with Crippen molar-refractivity contribution in [3.05, 3.63) is 58.3 Å². The van der Waals surface area contributed by atoms with Crippen LogP contribution in [0.1, 0.15) is 39.7 Å². The lowest BCUT2D eigenvalue weighted by atomic mass is 10.1. The van der Waals surface area contributed by atoms with Gasteiger partial charge in [0.25, 0.3) is 0 Å². The average molecular weight is 337 g/mol. The minimum absolute atomic E-state index is 0.270. The Hall–Kier alpha value is -2.83. The van der Waals surface area contributed by atoms with Gasteiger partial charge in [0.1, 0.15) is 11.1 Å². The Kier molecular flexibility index (Phi) is 5.95. The summed E-state index contributed by atoms with van der Waals surface area (Å²) in [5.74, 6) is 0.104. The van der Waals surface area contributed by atoms with Gasteiger partial charge in [-0.3, -0.25) is 0 Å². The number of hydrogen-bond donors (Lipinski definition) is 0. The van der Waals surface area contributed by atoms with Gasteiger partial charge in [0.2, 0.25) is 0 Å². The Bertz CT molecular complexity index is 850. The number of ether oxygens (including phenoxy) is 1. The average Bonchev–Trinajstić information content (AvgIpc) is 2.60. The van der Waals surface area contributed by atoms with E-state index in [1.54, 1.807) is 26.0 Å². The number of aryl methyl sites for hydroxylation is 1. The van der Waals surface area contributed by atoms with E-state index in [0.29, 0.717) is 33.2 Å². The fraction of sp³-hybridized carbons (Fsp3) is 0.222. The largest absolute Gasteiger partial charge is 0.462 e. The zero-order valence-corrected chi connectivity index (χ0v) is 14.2. The minimum atomic E-state index is -0.475. The first-order chi connectivity index (χ1) is 11.6. The van der Waals surface area contributed by atoms with Gasteiger partial charge in [0.15, 0.2) is 0 Å². The maximum atomic E-state index is 11.9. The lowest BCUT2D eigenvalue weighted by Crippen LogP contribution is -2.09. The third-order valence-electron chi connectivity index (χ3n) is 3.23. The summed E-state index contributed by atoms with van der Waals surface area (Å²) in [6.45, 7) is 3.71. The molecular formula is C18H15N3O2S. The van der Waals surface area contributed by atoms with E-state index in [2.05, 4.69) is 17.1 Å². The topological polar surface area (TPSA) is 86.8 Å². The van der Waals surface area contributed by atoms with Crippen molar-refractivity contribution in [1.82, 2.24) is 4.98 Å². The highest BCUT2D eigenvalue weighted by Crippen LogP contribution is 2.26. The Balaban J connectivity index is 2.24. The van der Waals surface area contributed by atoms with Crippen molar-refractivity contribution in [1.29, 1.82) is 10.5 Å². The monoisotopic (exact) mass is 337 g/mol. The number of nitriles is 2. The molecule has 5 nitrogen and oxygen atoms in total. The summed E-state index contributed by atoms with van der Waals surface area (Å²) in [5.41, 5.74) is 2.74. The van der Waals surface area contributed by atoms with Crippen LogP contribution < -0.4 is 0 Å². The summed E-state index contributed by atoms with van der Waals surface area (Å²) in [5, 5.41) is 18.8. The first-order valence-corrected chi connectivity index (χ1v) is 8.28. The van der Waals surface area contributed by atoms with Crippen LogP contribution in [0.3, 0.4) is 0 Å². The van der Waals surface area contributed by atoms with Crippen LogP contribution in [0.15, 0.2) is 35.4 Å². The van der Waals surface area contributed by atoms with Crippen molar-refractivity contribution in [3.8, 4) is 12.1 Å². The molecule has 0 atom stereocenters. The highest BCUT2D eigenvalue weighted by Gasteiger charge is 2.16. The lowest BCUT2D eigenvalue weighted by molar-refractivity contribution is 0.0524. The molecule has 0 spiro atoms. The predicted molar refractivity (Wildman–Crippen MR) is 90.4 cm³/mol. The van der Waals surface area contributed by atoms with Crippen molar-refractivity contribution in [2.45, 2.75) is 24.6 Å². The van der Waals surface area contributed by atoms with Crippen LogP contribution in [0.25, 0.3) is 0 Å². The number of thioether (sulfide) groups is 1. The smallest absolute Gasteiger partial charge is 0.340 e. The van der Waals surface area contributed by atoms with Gasteiger partial charge < -0.3 is 4.74 Å². The number of rotatable bonds is 5. The molecule has 24 heavy (non-hydrogen) atoms. The summed E-state index contributed by atoms with van der Waals surface area (Å²) in [4.78, 5) is 16.3. The first-order valence-electron chi connectivity index (χ1n) is 7.29. The summed E-state index contributed by atoms with van der Waals surface area (Å²) in [7, 11) is 0. The van der Waals surface area contributed by atoms with E-state index >= 15 is 0 Å². The predicted octanol–water partition coefficient (Wildman–Crippen LogP) is 3.60. The van der Waals surface area contributed by atoms with Crippen LogP contribution in [0.5, 0.6) is 0 Å². The summed E-state index contributed by atoms with van der Waals surface area (Å²) in [6, 6.07) is 13.0. The Morgan fingerprint density at radius 2 is 2.08 bits per heavy atom. The maximum absolute atomic E-state index is 11.9. The van der Waals surface area contributed by atoms with Crippen molar-refractivity contribution in [3.63, 3.8) is 0 Å². The zero-order valence-electron chi connectivity index (χ0n) is 13.4. The van der Waals surface area contributed by atoms with Crippen molar-refractivity contribution < 1.29 is 9.53 Å². The zero-order chi connectivity index (χ0) is 17.5.